The van der Waals surface area contributed by atoms with Crippen molar-refractivity contribution in [3.63, 3.8) is 0 Å². The molecule has 2 heterocycles. The number of rotatable bonds is 7. The Bertz CT molecular complexity index is 1680. The topological polar surface area (TPSA) is 117 Å². The maximum Gasteiger partial charge on any atom is 0.330 e. The Balaban J connectivity index is 1.59. The van der Waals surface area contributed by atoms with E-state index in [1.54, 1.807) is 0 Å². The van der Waals surface area contributed by atoms with Gasteiger partial charge in [0.15, 0.2) is 5.69 Å². The van der Waals surface area contributed by atoms with Gasteiger partial charge >= 0.3 is 5.69 Å². The predicted octanol–water partition coefficient (Wildman–Crippen LogP) is 3.73. The zero-order valence-corrected chi connectivity index (χ0v) is 20.4. The summed E-state index contributed by atoms with van der Waals surface area (Å²) in [7, 11) is 0. The molecule has 2 aromatic heterocycles. The molecular weight excluding hydrogens is 466 g/mol. The molecule has 4 N–H and O–H groups in total. The van der Waals surface area contributed by atoms with Gasteiger partial charge in [0.2, 0.25) is 5.91 Å². The quantitative estimate of drug-likeness (QED) is 0.320. The molecule has 0 saturated carbocycles. The first-order valence-corrected chi connectivity index (χ1v) is 12.0. The lowest BCUT2D eigenvalue weighted by molar-refractivity contribution is -0.118. The fraction of sp³-hybridized carbons (Fsp3) is 0.138. The number of hydrogen-bond acceptors (Lipinski definition) is 4. The molecule has 0 aliphatic carbocycles. The molecule has 0 bridgehead atoms. The number of aromatic nitrogens is 3. The largest absolute Gasteiger partial charge is 0.383 e. The molecule has 0 unspecified atom stereocenters. The summed E-state index contributed by atoms with van der Waals surface area (Å²) in [4.78, 5) is 46.7. The van der Waals surface area contributed by atoms with Gasteiger partial charge in [-0.25, -0.2) is 4.79 Å². The third-order valence-electron chi connectivity index (χ3n) is 6.49. The van der Waals surface area contributed by atoms with Crippen molar-refractivity contribution < 1.29 is 4.79 Å². The van der Waals surface area contributed by atoms with Gasteiger partial charge in [0.1, 0.15) is 5.82 Å². The van der Waals surface area contributed by atoms with Crippen LogP contribution in [0.15, 0.2) is 94.6 Å². The van der Waals surface area contributed by atoms with Gasteiger partial charge in [-0.15, -0.1) is 0 Å². The number of amides is 1. The molecule has 37 heavy (non-hydrogen) atoms. The highest BCUT2D eigenvalue weighted by molar-refractivity contribution is 5.99. The number of carbonyl (C=O) groups is 1. The third kappa shape index (κ3) is 4.81. The maximum absolute atomic E-state index is 13.8. The van der Waals surface area contributed by atoms with Gasteiger partial charge in [-0.3, -0.25) is 24.0 Å². The Labute approximate surface area is 213 Å². The number of fused-ring (bicyclic) bond motifs is 1. The number of aryl methyl sites for hydroxylation is 1. The van der Waals surface area contributed by atoms with Crippen LogP contribution < -0.4 is 21.9 Å². The van der Waals surface area contributed by atoms with E-state index < -0.39 is 11.2 Å². The zero-order chi connectivity index (χ0) is 25.9. The SMILES string of the molecule is Cc1cccc2[nH]cc(CC(=O)N(Cc3ccccc3)c3c(N)n(Cc4ccccc4)c(=O)[nH]c3=O)c12. The maximum atomic E-state index is 13.8. The second kappa shape index (κ2) is 10.0. The number of nitrogens with one attached hydrogen (secondary N) is 2. The van der Waals surface area contributed by atoms with Gasteiger partial charge in [-0.1, -0.05) is 72.8 Å². The highest BCUT2D eigenvalue weighted by Gasteiger charge is 2.25. The van der Waals surface area contributed by atoms with Gasteiger partial charge in [-0.05, 0) is 35.2 Å². The van der Waals surface area contributed by atoms with E-state index in [9.17, 15) is 14.4 Å². The van der Waals surface area contributed by atoms with Crippen molar-refractivity contribution in [3.05, 3.63) is 128 Å². The van der Waals surface area contributed by atoms with E-state index in [0.717, 1.165) is 33.2 Å². The van der Waals surface area contributed by atoms with E-state index >= 15 is 0 Å². The fourth-order valence-electron chi connectivity index (χ4n) is 4.67. The average Bonchev–Trinajstić information content (AvgIpc) is 3.31. The van der Waals surface area contributed by atoms with Gasteiger partial charge in [0.25, 0.3) is 5.56 Å². The van der Waals surface area contributed by atoms with Gasteiger partial charge in [-0.2, -0.15) is 0 Å². The van der Waals surface area contributed by atoms with E-state index in [0.29, 0.717) is 0 Å². The smallest absolute Gasteiger partial charge is 0.330 e. The van der Waals surface area contributed by atoms with E-state index in [-0.39, 0.29) is 36.9 Å². The van der Waals surface area contributed by atoms with E-state index in [2.05, 4.69) is 9.97 Å². The number of aromatic amines is 2. The molecule has 1 amide bonds. The number of nitrogens with zero attached hydrogens (tertiary/aromatic N) is 2. The van der Waals surface area contributed by atoms with Crippen LogP contribution in [0, 0.1) is 6.92 Å². The molecule has 0 aliphatic rings. The van der Waals surface area contributed by atoms with E-state index in [4.69, 9.17) is 5.73 Å². The number of H-pyrrole nitrogens is 2. The summed E-state index contributed by atoms with van der Waals surface area (Å²) in [6, 6.07) is 24.6. The van der Waals surface area contributed by atoms with Gasteiger partial charge in [0, 0.05) is 17.1 Å². The third-order valence-corrected chi connectivity index (χ3v) is 6.49. The summed E-state index contributed by atoms with van der Waals surface area (Å²) in [5, 5.41) is 0.978. The molecule has 8 heteroatoms. The van der Waals surface area contributed by atoms with Crippen LogP contribution in [-0.4, -0.2) is 20.4 Å². The second-order valence-electron chi connectivity index (χ2n) is 9.02. The van der Waals surface area contributed by atoms with E-state index in [1.807, 2.05) is 92.0 Å². The van der Waals surface area contributed by atoms with Crippen molar-refractivity contribution in [2.24, 2.45) is 0 Å². The van der Waals surface area contributed by atoms with Crippen LogP contribution >= 0.6 is 0 Å². The Morgan fingerprint density at radius 2 is 1.59 bits per heavy atom. The lowest BCUT2D eigenvalue weighted by Gasteiger charge is -2.25. The molecule has 0 fully saturated rings. The number of hydrogen-bond donors (Lipinski definition) is 3. The minimum absolute atomic E-state index is 0.0408. The van der Waals surface area contributed by atoms with Crippen molar-refractivity contribution >= 4 is 28.3 Å². The summed E-state index contributed by atoms with van der Waals surface area (Å²) in [6.45, 7) is 2.27. The van der Waals surface area contributed by atoms with Crippen molar-refractivity contribution in [2.45, 2.75) is 26.4 Å². The minimum atomic E-state index is -0.703. The molecule has 0 spiro atoms. The number of nitrogen functional groups attached to an aromatic ring is 1. The standard InChI is InChI=1S/C29H27N5O3/c1-19-9-8-14-23-25(19)22(16-31-23)15-24(35)33(17-20-10-4-2-5-11-20)26-27(30)34(29(37)32-28(26)36)18-21-12-6-3-7-13-21/h2-14,16,31H,15,17-18,30H2,1H3,(H,32,36,37). The van der Waals surface area contributed by atoms with E-state index in [1.165, 1.54) is 9.47 Å². The fourth-order valence-corrected chi connectivity index (χ4v) is 4.67. The monoisotopic (exact) mass is 493 g/mol. The number of nitrogens with two attached hydrogens (primary N) is 1. The van der Waals surface area contributed by atoms with Crippen LogP contribution in [-0.2, 0) is 24.3 Å². The van der Waals surface area contributed by atoms with Crippen LogP contribution in [0.2, 0.25) is 0 Å². The normalized spacial score (nSPS) is 11.1. The van der Waals surface area contributed by atoms with Gasteiger partial charge < -0.3 is 10.7 Å². The number of carbonyl (C=O) groups excluding carboxylic acids is 1. The molecule has 5 aromatic rings. The molecule has 0 saturated heterocycles. The van der Waals surface area contributed by atoms with Crippen LogP contribution in [0.5, 0.6) is 0 Å². The lowest BCUT2D eigenvalue weighted by atomic mass is 10.0. The van der Waals surface area contributed by atoms with Crippen LogP contribution in [0.3, 0.4) is 0 Å². The first kappa shape index (κ1) is 23.9. The second-order valence-corrected chi connectivity index (χ2v) is 9.02. The Morgan fingerprint density at radius 3 is 2.30 bits per heavy atom. The highest BCUT2D eigenvalue weighted by Crippen LogP contribution is 2.26. The van der Waals surface area contributed by atoms with Crippen LogP contribution in [0.25, 0.3) is 10.9 Å². The first-order chi connectivity index (χ1) is 17.9. The molecule has 3 aromatic carbocycles. The summed E-state index contributed by atoms with van der Waals surface area (Å²) in [5.41, 5.74) is 9.55. The van der Waals surface area contributed by atoms with Crippen LogP contribution in [0.1, 0.15) is 22.3 Å². The molecule has 8 nitrogen and oxygen atoms in total. The summed E-state index contributed by atoms with van der Waals surface area (Å²) in [6.07, 6.45) is 1.87. The number of benzene rings is 3. The molecule has 0 atom stereocenters. The molecule has 5 rings (SSSR count). The average molecular weight is 494 g/mol. The summed E-state index contributed by atoms with van der Waals surface area (Å²) in [5.74, 6) is -0.368. The van der Waals surface area contributed by atoms with Crippen molar-refractivity contribution in [2.75, 3.05) is 10.6 Å². The Hall–Kier alpha value is -4.85. The lowest BCUT2D eigenvalue weighted by Crippen LogP contribution is -2.41. The number of anilines is 2. The summed E-state index contributed by atoms with van der Waals surface area (Å²) >= 11 is 0. The first-order valence-electron chi connectivity index (χ1n) is 12.0. The Morgan fingerprint density at radius 1 is 0.919 bits per heavy atom. The van der Waals surface area contributed by atoms with Crippen LogP contribution in [0.4, 0.5) is 11.5 Å². The van der Waals surface area contributed by atoms with Gasteiger partial charge in [0.05, 0.1) is 19.5 Å². The Kier molecular flexibility index (Phi) is 6.47. The zero-order valence-electron chi connectivity index (χ0n) is 20.4. The molecule has 186 valence electrons. The van der Waals surface area contributed by atoms with Crippen molar-refractivity contribution in [3.8, 4) is 0 Å². The minimum Gasteiger partial charge on any atom is -0.383 e. The highest BCUT2D eigenvalue weighted by atomic mass is 16.2. The molecule has 0 radical (unpaired) electrons. The predicted molar refractivity (Wildman–Crippen MR) is 146 cm³/mol. The molecular formula is C29H27N5O3. The van der Waals surface area contributed by atoms with Crippen molar-refractivity contribution in [1.82, 2.24) is 14.5 Å². The van der Waals surface area contributed by atoms with Crippen molar-refractivity contribution in [1.29, 1.82) is 0 Å². The molecule has 0 aliphatic heterocycles. The summed E-state index contributed by atoms with van der Waals surface area (Å²) < 4.78 is 1.28.